The third-order valence-electron chi connectivity index (χ3n) is 7.60. The van der Waals surface area contributed by atoms with Crippen molar-refractivity contribution in [3.8, 4) is 44.5 Å². The van der Waals surface area contributed by atoms with E-state index in [-0.39, 0.29) is 5.41 Å². The largest absolute Gasteiger partial charge is 0.0622 e. The van der Waals surface area contributed by atoms with Gasteiger partial charge in [0.1, 0.15) is 0 Å². The van der Waals surface area contributed by atoms with E-state index in [1.54, 1.807) is 0 Å². The Morgan fingerprint density at radius 3 is 1.54 bits per heavy atom. The minimum absolute atomic E-state index is 0.0118. The molecule has 0 aliphatic heterocycles. The highest BCUT2D eigenvalue weighted by Gasteiger charge is 2.37. The molecule has 0 unspecified atom stereocenters. The van der Waals surface area contributed by atoms with Gasteiger partial charge in [0.25, 0.3) is 0 Å². The van der Waals surface area contributed by atoms with Crippen LogP contribution >= 0.6 is 0 Å². The SMILES string of the molecule is Cc1ccc2c(c1)C(C)(C)c1cc(C)cc(-c3ccc(-c4ccc(-c5ccccc5)cc4)cc3)c1-2. The first-order valence-corrected chi connectivity index (χ1v) is 12.4. The van der Waals surface area contributed by atoms with E-state index in [1.165, 1.54) is 66.8 Å². The molecule has 6 rings (SSSR count). The van der Waals surface area contributed by atoms with Crippen LogP contribution in [0.15, 0.2) is 109 Å². The molecule has 0 spiro atoms. The predicted octanol–water partition coefficient (Wildman–Crippen LogP) is 9.61. The first-order valence-electron chi connectivity index (χ1n) is 12.4. The van der Waals surface area contributed by atoms with Crippen LogP contribution < -0.4 is 0 Å². The third kappa shape index (κ3) is 3.61. The monoisotopic (exact) mass is 450 g/mol. The minimum atomic E-state index is 0.0118. The van der Waals surface area contributed by atoms with E-state index < -0.39 is 0 Å². The summed E-state index contributed by atoms with van der Waals surface area (Å²) >= 11 is 0. The maximum Gasteiger partial charge on any atom is 0.0159 e. The molecule has 0 N–H and O–H groups in total. The second-order valence-electron chi connectivity index (χ2n) is 10.4. The zero-order valence-electron chi connectivity index (χ0n) is 20.9. The molecule has 0 saturated carbocycles. The summed E-state index contributed by atoms with van der Waals surface area (Å²) in [7, 11) is 0. The van der Waals surface area contributed by atoms with Gasteiger partial charge in [0, 0.05) is 5.41 Å². The Hall–Kier alpha value is -3.90. The van der Waals surface area contributed by atoms with Gasteiger partial charge < -0.3 is 0 Å². The lowest BCUT2D eigenvalue weighted by Gasteiger charge is -2.22. The lowest BCUT2D eigenvalue weighted by molar-refractivity contribution is 0.659. The molecule has 0 amide bonds. The molecule has 0 heteroatoms. The molecule has 170 valence electrons. The normalized spacial score (nSPS) is 13.4. The maximum atomic E-state index is 2.39. The fraction of sp³-hybridized carbons (Fsp3) is 0.143. The highest BCUT2D eigenvalue weighted by atomic mass is 14.4. The molecule has 0 fully saturated rings. The standard InChI is InChI=1S/C35H30/c1-23-10-19-30-32(21-23)35(3,4)33-22-24(2)20-31(34(30)33)29-17-15-28(16-18-29)27-13-11-26(12-14-27)25-8-6-5-7-9-25/h5-22H,1-4H3. The summed E-state index contributed by atoms with van der Waals surface area (Å²) in [4.78, 5) is 0. The van der Waals surface area contributed by atoms with Crippen LogP contribution in [0.1, 0.15) is 36.1 Å². The van der Waals surface area contributed by atoms with Crippen molar-refractivity contribution in [1.29, 1.82) is 0 Å². The van der Waals surface area contributed by atoms with Crippen LogP contribution in [0.3, 0.4) is 0 Å². The van der Waals surface area contributed by atoms with Gasteiger partial charge in [0.05, 0.1) is 0 Å². The van der Waals surface area contributed by atoms with Crippen LogP contribution in [0.5, 0.6) is 0 Å². The van der Waals surface area contributed by atoms with Crippen LogP contribution in [0, 0.1) is 13.8 Å². The van der Waals surface area contributed by atoms with Gasteiger partial charge in [-0.3, -0.25) is 0 Å². The summed E-state index contributed by atoms with van der Waals surface area (Å²) in [6, 6.07) is 40.2. The Kier molecular flexibility index (Phi) is 5.00. The van der Waals surface area contributed by atoms with E-state index in [9.17, 15) is 0 Å². The summed E-state index contributed by atoms with van der Waals surface area (Å²) < 4.78 is 0. The number of fused-ring (bicyclic) bond motifs is 3. The molecule has 1 aliphatic rings. The first-order chi connectivity index (χ1) is 16.9. The zero-order chi connectivity index (χ0) is 24.2. The highest BCUT2D eigenvalue weighted by Crippen LogP contribution is 2.52. The molecule has 0 bridgehead atoms. The molecule has 0 nitrogen and oxygen atoms in total. The first kappa shape index (κ1) is 21.6. The van der Waals surface area contributed by atoms with Crippen LogP contribution in [0.4, 0.5) is 0 Å². The van der Waals surface area contributed by atoms with Crippen molar-refractivity contribution < 1.29 is 0 Å². The number of hydrogen-bond acceptors (Lipinski definition) is 0. The van der Waals surface area contributed by atoms with Gasteiger partial charge in [-0.1, -0.05) is 134 Å². The molecule has 0 saturated heterocycles. The molecule has 5 aromatic rings. The highest BCUT2D eigenvalue weighted by molar-refractivity contribution is 5.93. The minimum Gasteiger partial charge on any atom is -0.0622 e. The summed E-state index contributed by atoms with van der Waals surface area (Å²) in [5.41, 5.74) is 15.9. The number of aryl methyl sites for hydroxylation is 2. The van der Waals surface area contributed by atoms with Gasteiger partial charge in [0.15, 0.2) is 0 Å². The molecular formula is C35H30. The van der Waals surface area contributed by atoms with E-state index in [2.05, 4.69) is 137 Å². The molecule has 35 heavy (non-hydrogen) atoms. The fourth-order valence-electron chi connectivity index (χ4n) is 5.66. The Labute approximate surface area is 208 Å². The molecule has 5 aromatic carbocycles. The Morgan fingerprint density at radius 2 is 0.943 bits per heavy atom. The van der Waals surface area contributed by atoms with Gasteiger partial charge in [-0.25, -0.2) is 0 Å². The van der Waals surface area contributed by atoms with E-state index in [4.69, 9.17) is 0 Å². The number of rotatable bonds is 3. The second kappa shape index (κ2) is 8.10. The van der Waals surface area contributed by atoms with Gasteiger partial charge >= 0.3 is 0 Å². The smallest absolute Gasteiger partial charge is 0.0159 e. The number of benzene rings is 5. The van der Waals surface area contributed by atoms with E-state index in [1.807, 2.05) is 0 Å². The molecule has 0 radical (unpaired) electrons. The van der Waals surface area contributed by atoms with Crippen LogP contribution in [0.25, 0.3) is 44.5 Å². The fourth-order valence-corrected chi connectivity index (χ4v) is 5.66. The molecular weight excluding hydrogens is 420 g/mol. The van der Waals surface area contributed by atoms with Gasteiger partial charge in [-0.2, -0.15) is 0 Å². The van der Waals surface area contributed by atoms with Gasteiger partial charge in [-0.15, -0.1) is 0 Å². The Balaban J connectivity index is 1.40. The van der Waals surface area contributed by atoms with Crippen LogP contribution in [-0.4, -0.2) is 0 Å². The molecule has 0 atom stereocenters. The summed E-state index contributed by atoms with van der Waals surface area (Å²) in [6.45, 7) is 9.14. The Bertz CT molecular complexity index is 1530. The van der Waals surface area contributed by atoms with E-state index >= 15 is 0 Å². The zero-order valence-corrected chi connectivity index (χ0v) is 20.9. The van der Waals surface area contributed by atoms with Crippen molar-refractivity contribution in [3.05, 3.63) is 131 Å². The third-order valence-corrected chi connectivity index (χ3v) is 7.60. The lowest BCUT2D eigenvalue weighted by Crippen LogP contribution is -2.15. The average molecular weight is 451 g/mol. The average Bonchev–Trinajstić information content (AvgIpc) is 3.10. The number of hydrogen-bond donors (Lipinski definition) is 0. The van der Waals surface area contributed by atoms with E-state index in [0.29, 0.717) is 0 Å². The van der Waals surface area contributed by atoms with Gasteiger partial charge in [-0.05, 0) is 69.5 Å². The Morgan fingerprint density at radius 1 is 0.429 bits per heavy atom. The maximum absolute atomic E-state index is 2.39. The molecule has 0 heterocycles. The van der Waals surface area contributed by atoms with Crippen molar-refractivity contribution in [2.45, 2.75) is 33.1 Å². The van der Waals surface area contributed by atoms with Crippen LogP contribution in [0.2, 0.25) is 0 Å². The quantitative estimate of drug-likeness (QED) is 0.257. The van der Waals surface area contributed by atoms with Crippen molar-refractivity contribution >= 4 is 0 Å². The predicted molar refractivity (Wildman–Crippen MR) is 150 cm³/mol. The van der Waals surface area contributed by atoms with E-state index in [0.717, 1.165) is 0 Å². The van der Waals surface area contributed by atoms with Crippen LogP contribution in [-0.2, 0) is 5.41 Å². The summed E-state index contributed by atoms with van der Waals surface area (Å²) in [5.74, 6) is 0. The molecule has 0 aromatic heterocycles. The van der Waals surface area contributed by atoms with Crippen molar-refractivity contribution in [2.24, 2.45) is 0 Å². The second-order valence-corrected chi connectivity index (χ2v) is 10.4. The topological polar surface area (TPSA) is 0 Å². The lowest BCUT2D eigenvalue weighted by atomic mass is 9.81. The molecule has 1 aliphatic carbocycles. The van der Waals surface area contributed by atoms with Crippen molar-refractivity contribution in [3.63, 3.8) is 0 Å². The van der Waals surface area contributed by atoms with Crippen molar-refractivity contribution in [1.82, 2.24) is 0 Å². The van der Waals surface area contributed by atoms with Gasteiger partial charge in [0.2, 0.25) is 0 Å². The summed E-state index contributed by atoms with van der Waals surface area (Å²) in [5, 5.41) is 0. The van der Waals surface area contributed by atoms with Crippen molar-refractivity contribution in [2.75, 3.05) is 0 Å². The summed E-state index contributed by atoms with van der Waals surface area (Å²) in [6.07, 6.45) is 0.